The number of nitrogens with zero attached hydrogens (tertiary/aromatic N) is 1. The fourth-order valence-corrected chi connectivity index (χ4v) is 2.08. The van der Waals surface area contributed by atoms with E-state index in [1.54, 1.807) is 12.3 Å². The van der Waals surface area contributed by atoms with Crippen molar-refractivity contribution < 1.29 is 9.21 Å². The molecule has 1 N–H and O–H groups in total. The molecule has 0 aliphatic rings. The van der Waals surface area contributed by atoms with Crippen LogP contribution in [0.3, 0.4) is 0 Å². The minimum absolute atomic E-state index is 0.0792. The summed E-state index contributed by atoms with van der Waals surface area (Å²) in [4.78, 5) is 13.9. The Morgan fingerprint density at radius 2 is 2.15 bits per heavy atom. The number of rotatable bonds is 5. The van der Waals surface area contributed by atoms with Gasteiger partial charge in [-0.15, -0.1) is 0 Å². The third kappa shape index (κ3) is 3.85. The van der Waals surface area contributed by atoms with E-state index in [9.17, 15) is 4.79 Å². The molecular formula is C15H17ClN2O2. The second kappa shape index (κ2) is 6.59. The van der Waals surface area contributed by atoms with Crippen molar-refractivity contribution in [2.24, 2.45) is 0 Å². The third-order valence-electron chi connectivity index (χ3n) is 2.96. The highest BCUT2D eigenvalue weighted by Gasteiger charge is 2.10. The van der Waals surface area contributed by atoms with E-state index in [0.29, 0.717) is 11.6 Å². The lowest BCUT2D eigenvalue weighted by Crippen LogP contribution is -2.29. The first-order valence-electron chi connectivity index (χ1n) is 6.32. The number of anilines is 1. The molecule has 1 heterocycles. The van der Waals surface area contributed by atoms with Crippen molar-refractivity contribution in [1.82, 2.24) is 4.90 Å². The Morgan fingerprint density at radius 1 is 1.35 bits per heavy atom. The summed E-state index contributed by atoms with van der Waals surface area (Å²) in [6.45, 7) is 2.76. The van der Waals surface area contributed by atoms with Crippen LogP contribution >= 0.6 is 11.6 Å². The predicted octanol–water partition coefficient (Wildman–Crippen LogP) is 3.31. The average molecular weight is 293 g/mol. The summed E-state index contributed by atoms with van der Waals surface area (Å²) in [5.74, 6) is 0.753. The molecule has 1 amide bonds. The predicted molar refractivity (Wildman–Crippen MR) is 79.9 cm³/mol. The quantitative estimate of drug-likeness (QED) is 0.919. The summed E-state index contributed by atoms with van der Waals surface area (Å²) < 4.78 is 5.25. The normalized spacial score (nSPS) is 10.8. The van der Waals surface area contributed by atoms with Gasteiger partial charge in [-0.05, 0) is 43.8 Å². The van der Waals surface area contributed by atoms with Gasteiger partial charge in [-0.25, -0.2) is 0 Å². The van der Waals surface area contributed by atoms with E-state index in [4.69, 9.17) is 16.0 Å². The number of hydrogen-bond acceptors (Lipinski definition) is 3. The number of likely N-dealkylation sites (N-methyl/N-ethyl adjacent to an activating group) is 1. The van der Waals surface area contributed by atoms with Gasteiger partial charge in [0.1, 0.15) is 5.76 Å². The number of benzene rings is 1. The Balaban J connectivity index is 1.90. The van der Waals surface area contributed by atoms with Crippen molar-refractivity contribution in [3.05, 3.63) is 52.9 Å². The highest BCUT2D eigenvalue weighted by atomic mass is 35.5. The largest absolute Gasteiger partial charge is 0.468 e. The molecule has 0 aliphatic carbocycles. The number of nitrogens with one attached hydrogen (secondary N) is 1. The molecule has 0 spiro atoms. The van der Waals surface area contributed by atoms with Crippen LogP contribution < -0.4 is 5.32 Å². The first kappa shape index (κ1) is 14.6. The monoisotopic (exact) mass is 292 g/mol. The van der Waals surface area contributed by atoms with Crippen LogP contribution in [0.2, 0.25) is 5.02 Å². The summed E-state index contributed by atoms with van der Waals surface area (Å²) in [6, 6.07) is 9.17. The van der Waals surface area contributed by atoms with Gasteiger partial charge in [0, 0.05) is 10.7 Å². The summed E-state index contributed by atoms with van der Waals surface area (Å²) >= 11 is 6.02. The molecule has 0 aliphatic heterocycles. The maximum Gasteiger partial charge on any atom is 0.238 e. The molecule has 0 unspecified atom stereocenters. The molecule has 0 bridgehead atoms. The molecule has 106 valence electrons. The average Bonchev–Trinajstić information content (AvgIpc) is 2.87. The van der Waals surface area contributed by atoms with Gasteiger partial charge >= 0.3 is 0 Å². The summed E-state index contributed by atoms with van der Waals surface area (Å²) in [5.41, 5.74) is 1.62. The Labute approximate surface area is 123 Å². The Morgan fingerprint density at radius 3 is 2.85 bits per heavy atom. The van der Waals surface area contributed by atoms with Crippen LogP contribution in [0.15, 0.2) is 41.0 Å². The van der Waals surface area contributed by atoms with Crippen molar-refractivity contribution in [2.45, 2.75) is 13.5 Å². The van der Waals surface area contributed by atoms with Crippen LogP contribution in [0.5, 0.6) is 0 Å². The second-order valence-electron chi connectivity index (χ2n) is 4.71. The molecule has 2 rings (SSSR count). The van der Waals surface area contributed by atoms with Gasteiger partial charge < -0.3 is 9.73 Å². The molecule has 2 aromatic rings. The van der Waals surface area contributed by atoms with Gasteiger partial charge in [0.2, 0.25) is 5.91 Å². The molecule has 0 fully saturated rings. The number of hydrogen-bond donors (Lipinski definition) is 1. The molecule has 0 saturated heterocycles. The van der Waals surface area contributed by atoms with E-state index in [-0.39, 0.29) is 12.5 Å². The van der Waals surface area contributed by atoms with Crippen molar-refractivity contribution in [1.29, 1.82) is 0 Å². The van der Waals surface area contributed by atoms with Crippen molar-refractivity contribution in [2.75, 3.05) is 18.9 Å². The third-order valence-corrected chi connectivity index (χ3v) is 3.37. The number of halogens is 1. The molecule has 20 heavy (non-hydrogen) atoms. The Hall–Kier alpha value is -1.78. The fourth-order valence-electron chi connectivity index (χ4n) is 1.90. The molecule has 4 nitrogen and oxygen atoms in total. The topological polar surface area (TPSA) is 45.5 Å². The van der Waals surface area contributed by atoms with Crippen LogP contribution in [-0.4, -0.2) is 24.4 Å². The number of carbonyl (C=O) groups excluding carboxylic acids is 1. The zero-order valence-electron chi connectivity index (χ0n) is 11.5. The summed E-state index contributed by atoms with van der Waals surface area (Å²) in [5, 5.41) is 3.51. The highest BCUT2D eigenvalue weighted by molar-refractivity contribution is 6.31. The molecule has 0 saturated carbocycles. The van der Waals surface area contributed by atoms with Gasteiger partial charge in [0.15, 0.2) is 0 Å². The summed E-state index contributed by atoms with van der Waals surface area (Å²) in [7, 11) is 1.87. The van der Waals surface area contributed by atoms with Crippen LogP contribution in [0.1, 0.15) is 11.3 Å². The first-order chi connectivity index (χ1) is 9.56. The maximum atomic E-state index is 12.0. The molecule has 0 radical (unpaired) electrons. The number of furan rings is 1. The molecule has 1 aromatic carbocycles. The fraction of sp³-hybridized carbons (Fsp3) is 0.267. The Kier molecular flexibility index (Phi) is 4.82. The first-order valence-corrected chi connectivity index (χ1v) is 6.70. The molecule has 0 atom stereocenters. The van der Waals surface area contributed by atoms with E-state index >= 15 is 0 Å². The van der Waals surface area contributed by atoms with Crippen molar-refractivity contribution in [3.8, 4) is 0 Å². The van der Waals surface area contributed by atoms with Crippen molar-refractivity contribution in [3.63, 3.8) is 0 Å². The van der Waals surface area contributed by atoms with Gasteiger partial charge in [-0.2, -0.15) is 0 Å². The number of carbonyl (C=O) groups is 1. The lowest BCUT2D eigenvalue weighted by atomic mass is 10.2. The summed E-state index contributed by atoms with van der Waals surface area (Å²) in [6.07, 6.45) is 1.62. The van der Waals surface area contributed by atoms with E-state index in [1.165, 1.54) is 0 Å². The van der Waals surface area contributed by atoms with Gasteiger partial charge in [-0.3, -0.25) is 9.69 Å². The standard InChI is InChI=1S/C15H17ClN2O2/c1-11-13(16)6-3-7-14(11)17-15(19)10-18(2)9-12-5-4-8-20-12/h3-8H,9-10H2,1-2H3,(H,17,19). The van der Waals surface area contributed by atoms with E-state index in [1.807, 2.05) is 43.1 Å². The van der Waals surface area contributed by atoms with E-state index < -0.39 is 0 Å². The van der Waals surface area contributed by atoms with Crippen LogP contribution in [0.4, 0.5) is 5.69 Å². The SMILES string of the molecule is Cc1c(Cl)cccc1NC(=O)CN(C)Cc1ccco1. The minimum Gasteiger partial charge on any atom is -0.468 e. The van der Waals surface area contributed by atoms with Crippen LogP contribution in [-0.2, 0) is 11.3 Å². The van der Waals surface area contributed by atoms with Gasteiger partial charge in [-0.1, -0.05) is 17.7 Å². The zero-order chi connectivity index (χ0) is 14.5. The van der Waals surface area contributed by atoms with Crippen molar-refractivity contribution >= 4 is 23.2 Å². The van der Waals surface area contributed by atoms with Crippen LogP contribution in [0, 0.1) is 6.92 Å². The smallest absolute Gasteiger partial charge is 0.238 e. The van der Waals surface area contributed by atoms with Crippen LogP contribution in [0.25, 0.3) is 0 Å². The molecule has 5 heteroatoms. The lowest BCUT2D eigenvalue weighted by molar-refractivity contribution is -0.117. The minimum atomic E-state index is -0.0792. The molecule has 1 aromatic heterocycles. The number of amides is 1. The van der Waals surface area contributed by atoms with E-state index in [2.05, 4.69) is 5.32 Å². The molecular weight excluding hydrogens is 276 g/mol. The zero-order valence-corrected chi connectivity index (χ0v) is 12.3. The van der Waals surface area contributed by atoms with E-state index in [0.717, 1.165) is 17.0 Å². The maximum absolute atomic E-state index is 12.0. The van der Waals surface area contributed by atoms with Gasteiger partial charge in [0.25, 0.3) is 0 Å². The van der Waals surface area contributed by atoms with Gasteiger partial charge in [0.05, 0.1) is 19.4 Å². The second-order valence-corrected chi connectivity index (χ2v) is 5.12. The lowest BCUT2D eigenvalue weighted by Gasteiger charge is -2.15. The Bertz CT molecular complexity index is 582. The highest BCUT2D eigenvalue weighted by Crippen LogP contribution is 2.22.